The lowest BCUT2D eigenvalue weighted by Gasteiger charge is -2.36. The highest BCUT2D eigenvalue weighted by molar-refractivity contribution is 5.71. The first-order chi connectivity index (χ1) is 15.1. The van der Waals surface area contributed by atoms with Crippen molar-refractivity contribution in [2.75, 3.05) is 13.1 Å². The minimum atomic E-state index is -0.724. The van der Waals surface area contributed by atoms with Gasteiger partial charge in [0.2, 0.25) is 5.82 Å². The van der Waals surface area contributed by atoms with Gasteiger partial charge in [-0.25, -0.2) is 0 Å². The summed E-state index contributed by atoms with van der Waals surface area (Å²) < 4.78 is 11.0. The molecule has 1 N–H and O–H groups in total. The van der Waals surface area contributed by atoms with Gasteiger partial charge in [0, 0.05) is 36.3 Å². The van der Waals surface area contributed by atoms with E-state index in [9.17, 15) is 4.79 Å². The third kappa shape index (κ3) is 3.73. The lowest BCUT2D eigenvalue weighted by Crippen LogP contribution is -2.49. The summed E-state index contributed by atoms with van der Waals surface area (Å²) in [5, 5.41) is 17.2. The van der Waals surface area contributed by atoms with Crippen molar-refractivity contribution in [3.8, 4) is 34.3 Å². The fourth-order valence-electron chi connectivity index (χ4n) is 3.70. The van der Waals surface area contributed by atoms with E-state index in [0.29, 0.717) is 36.3 Å². The number of hydrogen-bond donors (Lipinski definition) is 1. The van der Waals surface area contributed by atoms with Gasteiger partial charge in [0.15, 0.2) is 11.5 Å². The van der Waals surface area contributed by atoms with E-state index in [-0.39, 0.29) is 5.92 Å². The van der Waals surface area contributed by atoms with Gasteiger partial charge < -0.3 is 14.2 Å². The molecule has 31 heavy (non-hydrogen) atoms. The average molecular weight is 416 g/mol. The zero-order valence-corrected chi connectivity index (χ0v) is 16.9. The summed E-state index contributed by atoms with van der Waals surface area (Å²) in [6.07, 6.45) is 0. The Morgan fingerprint density at radius 1 is 1.03 bits per heavy atom. The second kappa shape index (κ2) is 7.81. The topological polar surface area (TPSA) is 105 Å². The maximum Gasteiger partial charge on any atom is 0.309 e. The van der Waals surface area contributed by atoms with Gasteiger partial charge in [0.25, 0.3) is 5.89 Å². The van der Waals surface area contributed by atoms with Crippen molar-refractivity contribution in [3.05, 3.63) is 65.7 Å². The van der Waals surface area contributed by atoms with Crippen LogP contribution >= 0.6 is 0 Å². The Hall–Kier alpha value is -3.78. The molecule has 1 fully saturated rings. The largest absolute Gasteiger partial charge is 0.481 e. The molecule has 4 aromatic rings. The molecule has 5 rings (SSSR count). The van der Waals surface area contributed by atoms with Crippen molar-refractivity contribution >= 4 is 5.97 Å². The van der Waals surface area contributed by atoms with Crippen LogP contribution in [0.25, 0.3) is 34.3 Å². The highest BCUT2D eigenvalue weighted by atomic mass is 16.5. The Morgan fingerprint density at radius 2 is 1.77 bits per heavy atom. The predicted octanol–water partition coefficient (Wildman–Crippen LogP) is 3.88. The third-order valence-corrected chi connectivity index (χ3v) is 5.51. The van der Waals surface area contributed by atoms with Crippen molar-refractivity contribution in [3.63, 3.8) is 0 Å². The van der Waals surface area contributed by atoms with Crippen LogP contribution in [0.4, 0.5) is 0 Å². The third-order valence-electron chi connectivity index (χ3n) is 5.51. The average Bonchev–Trinajstić information content (AvgIpc) is 3.38. The van der Waals surface area contributed by atoms with Crippen LogP contribution in [0.5, 0.6) is 0 Å². The molecule has 0 atom stereocenters. The summed E-state index contributed by atoms with van der Waals surface area (Å²) in [6.45, 7) is 3.82. The molecule has 8 nitrogen and oxygen atoms in total. The number of carboxylic acid groups (broad SMARTS) is 1. The van der Waals surface area contributed by atoms with E-state index in [2.05, 4.69) is 20.2 Å². The van der Waals surface area contributed by atoms with E-state index in [1.807, 2.05) is 61.5 Å². The van der Waals surface area contributed by atoms with Gasteiger partial charge in [-0.1, -0.05) is 64.9 Å². The van der Waals surface area contributed by atoms with E-state index in [1.54, 1.807) is 0 Å². The molecular formula is C23H20N4O4. The number of carboxylic acids is 1. The number of rotatable bonds is 6. The van der Waals surface area contributed by atoms with Gasteiger partial charge in [0.05, 0.1) is 5.92 Å². The van der Waals surface area contributed by atoms with E-state index in [4.69, 9.17) is 14.2 Å². The van der Waals surface area contributed by atoms with Crippen molar-refractivity contribution in [1.29, 1.82) is 0 Å². The molecule has 0 saturated carbocycles. The second-order valence-electron chi connectivity index (χ2n) is 7.70. The molecule has 2 aromatic carbocycles. The summed E-state index contributed by atoms with van der Waals surface area (Å²) in [5.41, 5.74) is 4.24. The SMILES string of the molecule is Cc1c(-c2nc(-c3ccc(CN4CC(C(=O)O)C4)cc3)no2)noc1-c1ccccc1. The predicted molar refractivity (Wildman–Crippen MR) is 112 cm³/mol. The van der Waals surface area contributed by atoms with Crippen molar-refractivity contribution in [2.24, 2.45) is 5.92 Å². The highest BCUT2D eigenvalue weighted by Crippen LogP contribution is 2.31. The fourth-order valence-corrected chi connectivity index (χ4v) is 3.70. The second-order valence-corrected chi connectivity index (χ2v) is 7.70. The van der Waals surface area contributed by atoms with Crippen molar-refractivity contribution in [1.82, 2.24) is 20.2 Å². The lowest BCUT2D eigenvalue weighted by molar-refractivity contribution is -0.147. The first-order valence-electron chi connectivity index (χ1n) is 9.99. The zero-order valence-electron chi connectivity index (χ0n) is 16.9. The van der Waals surface area contributed by atoms with Gasteiger partial charge in [-0.05, 0) is 12.5 Å². The first-order valence-corrected chi connectivity index (χ1v) is 9.99. The monoisotopic (exact) mass is 416 g/mol. The van der Waals surface area contributed by atoms with Crippen LogP contribution in [-0.2, 0) is 11.3 Å². The summed E-state index contributed by atoms with van der Waals surface area (Å²) in [6, 6.07) is 17.6. The van der Waals surface area contributed by atoms with Gasteiger partial charge in [-0.15, -0.1) is 0 Å². The maximum atomic E-state index is 10.9. The molecule has 3 heterocycles. The molecule has 1 aliphatic heterocycles. The Kier molecular flexibility index (Phi) is 4.83. The lowest BCUT2D eigenvalue weighted by atomic mass is 9.99. The van der Waals surface area contributed by atoms with Crippen LogP contribution in [0.15, 0.2) is 63.6 Å². The number of hydrogen-bond acceptors (Lipinski definition) is 7. The van der Waals surface area contributed by atoms with E-state index < -0.39 is 5.97 Å². The molecule has 0 unspecified atom stereocenters. The Bertz CT molecular complexity index is 1210. The van der Waals surface area contributed by atoms with Gasteiger partial charge in [-0.2, -0.15) is 4.98 Å². The highest BCUT2D eigenvalue weighted by Gasteiger charge is 2.32. The Labute approximate surface area is 178 Å². The number of nitrogens with zero attached hydrogens (tertiary/aromatic N) is 4. The summed E-state index contributed by atoms with van der Waals surface area (Å²) in [7, 11) is 0. The maximum absolute atomic E-state index is 10.9. The normalized spacial score (nSPS) is 14.5. The van der Waals surface area contributed by atoms with Crippen LogP contribution in [-0.4, -0.2) is 44.4 Å². The van der Waals surface area contributed by atoms with Crippen LogP contribution in [0.2, 0.25) is 0 Å². The van der Waals surface area contributed by atoms with E-state index in [0.717, 1.165) is 28.8 Å². The quantitative estimate of drug-likeness (QED) is 0.505. The number of aliphatic carboxylic acids is 1. The summed E-state index contributed by atoms with van der Waals surface area (Å²) in [5.74, 6) is 0.482. The number of aromatic nitrogens is 3. The first kappa shape index (κ1) is 19.2. The minimum absolute atomic E-state index is 0.251. The van der Waals surface area contributed by atoms with Gasteiger partial charge in [-0.3, -0.25) is 9.69 Å². The number of carbonyl (C=O) groups is 1. The van der Waals surface area contributed by atoms with Crippen LogP contribution in [0.1, 0.15) is 11.1 Å². The standard InChI is InChI=1S/C23H20N4O4/c1-14-19(25-30-20(14)16-5-3-2-4-6-16)22-24-21(26-31-22)17-9-7-15(8-10-17)11-27-12-18(13-27)23(28)29/h2-10,18H,11-13H2,1H3,(H,28,29). The van der Waals surface area contributed by atoms with Crippen LogP contribution < -0.4 is 0 Å². The van der Waals surface area contributed by atoms with Crippen molar-refractivity contribution in [2.45, 2.75) is 13.5 Å². The van der Waals surface area contributed by atoms with E-state index >= 15 is 0 Å². The summed E-state index contributed by atoms with van der Waals surface area (Å²) >= 11 is 0. The Morgan fingerprint density at radius 3 is 2.48 bits per heavy atom. The fraction of sp³-hybridized carbons (Fsp3) is 0.217. The molecule has 0 spiro atoms. The minimum Gasteiger partial charge on any atom is -0.481 e. The van der Waals surface area contributed by atoms with Crippen LogP contribution in [0, 0.1) is 12.8 Å². The van der Waals surface area contributed by atoms with Crippen LogP contribution in [0.3, 0.4) is 0 Å². The molecular weight excluding hydrogens is 396 g/mol. The molecule has 0 amide bonds. The molecule has 2 aromatic heterocycles. The molecule has 1 aliphatic rings. The molecule has 0 radical (unpaired) electrons. The summed E-state index contributed by atoms with van der Waals surface area (Å²) in [4.78, 5) is 17.5. The number of likely N-dealkylation sites (tertiary alicyclic amines) is 1. The molecule has 1 saturated heterocycles. The van der Waals surface area contributed by atoms with Gasteiger partial charge in [0.1, 0.15) is 0 Å². The zero-order chi connectivity index (χ0) is 21.4. The van der Waals surface area contributed by atoms with Gasteiger partial charge >= 0.3 is 5.97 Å². The Balaban J connectivity index is 1.30. The van der Waals surface area contributed by atoms with E-state index in [1.165, 1.54) is 0 Å². The smallest absolute Gasteiger partial charge is 0.309 e. The number of benzene rings is 2. The van der Waals surface area contributed by atoms with Crippen molar-refractivity contribution < 1.29 is 18.9 Å². The molecule has 156 valence electrons. The molecule has 0 bridgehead atoms. The molecule has 0 aliphatic carbocycles. The molecule has 8 heteroatoms.